The maximum atomic E-state index is 13.2. The van der Waals surface area contributed by atoms with E-state index in [1.807, 2.05) is 24.3 Å². The van der Waals surface area contributed by atoms with Gasteiger partial charge in [-0.05, 0) is 56.9 Å². The third kappa shape index (κ3) is 6.20. The summed E-state index contributed by atoms with van der Waals surface area (Å²) in [6.45, 7) is 0.334. The molecular weight excluding hydrogens is 556 g/mol. The van der Waals surface area contributed by atoms with Crippen molar-refractivity contribution in [2.24, 2.45) is 5.10 Å². The predicted molar refractivity (Wildman–Crippen MR) is 148 cm³/mol. The van der Waals surface area contributed by atoms with E-state index in [9.17, 15) is 9.90 Å². The maximum Gasteiger partial charge on any atom is 0.281 e. The van der Waals surface area contributed by atoms with Crippen molar-refractivity contribution in [3.05, 3.63) is 129 Å². The van der Waals surface area contributed by atoms with Crippen LogP contribution in [0.15, 0.2) is 107 Å². The van der Waals surface area contributed by atoms with Gasteiger partial charge in [-0.15, -0.1) is 0 Å². The first-order chi connectivity index (χ1) is 17.9. The van der Waals surface area contributed by atoms with Crippen LogP contribution in [0.5, 0.6) is 11.5 Å². The highest BCUT2D eigenvalue weighted by molar-refractivity contribution is 9.10. The standard InChI is InChI=1S/C29H24BrClN2O4/c1-36-26-16-21(25(30)17-27(26)37-19-20-12-14-24(31)15-13-20)18-32-33-28(34)29(35,22-8-4-2-5-9-22)23-10-6-3-7-11-23/h2-18,35H,19H2,1H3,(H,33,34)/b32-18+. The number of hydrazone groups is 1. The van der Waals surface area contributed by atoms with Crippen LogP contribution in [0.1, 0.15) is 22.3 Å². The summed E-state index contributed by atoms with van der Waals surface area (Å²) in [4.78, 5) is 13.2. The van der Waals surface area contributed by atoms with Crippen molar-refractivity contribution in [2.45, 2.75) is 12.2 Å². The molecule has 6 nitrogen and oxygen atoms in total. The van der Waals surface area contributed by atoms with Crippen LogP contribution < -0.4 is 14.9 Å². The first-order valence-electron chi connectivity index (χ1n) is 11.3. The summed E-state index contributed by atoms with van der Waals surface area (Å²) < 4.78 is 12.1. The third-order valence-corrected chi connectivity index (χ3v) is 6.61. The molecule has 4 aromatic rings. The lowest BCUT2D eigenvalue weighted by atomic mass is 9.85. The maximum absolute atomic E-state index is 13.2. The summed E-state index contributed by atoms with van der Waals surface area (Å²) in [5.41, 5.74) is 3.01. The van der Waals surface area contributed by atoms with E-state index in [1.165, 1.54) is 6.21 Å². The summed E-state index contributed by atoms with van der Waals surface area (Å²) in [6.07, 6.45) is 1.46. The second-order valence-electron chi connectivity index (χ2n) is 8.08. The normalized spacial score (nSPS) is 11.4. The zero-order valence-corrected chi connectivity index (χ0v) is 22.2. The molecule has 0 atom stereocenters. The molecule has 0 bridgehead atoms. The highest BCUT2D eigenvalue weighted by Crippen LogP contribution is 2.34. The molecule has 188 valence electrons. The smallest absolute Gasteiger partial charge is 0.281 e. The van der Waals surface area contributed by atoms with E-state index in [0.29, 0.717) is 44.3 Å². The highest BCUT2D eigenvalue weighted by atomic mass is 79.9. The van der Waals surface area contributed by atoms with Crippen LogP contribution in [0.4, 0.5) is 0 Å². The van der Waals surface area contributed by atoms with Gasteiger partial charge in [-0.1, -0.05) is 84.4 Å². The zero-order valence-electron chi connectivity index (χ0n) is 19.9. The molecule has 0 aliphatic rings. The Morgan fingerprint density at radius 3 is 2.14 bits per heavy atom. The van der Waals surface area contributed by atoms with Crippen molar-refractivity contribution in [3.63, 3.8) is 0 Å². The van der Waals surface area contributed by atoms with Crippen molar-refractivity contribution in [1.29, 1.82) is 0 Å². The molecule has 8 heteroatoms. The fourth-order valence-electron chi connectivity index (χ4n) is 3.69. The summed E-state index contributed by atoms with van der Waals surface area (Å²) in [6, 6.07) is 28.4. The number of nitrogens with one attached hydrogen (secondary N) is 1. The Morgan fingerprint density at radius 1 is 0.973 bits per heavy atom. The Morgan fingerprint density at radius 2 is 1.57 bits per heavy atom. The number of halogens is 2. The van der Waals surface area contributed by atoms with Crippen LogP contribution in [0.3, 0.4) is 0 Å². The number of aliphatic hydroxyl groups is 1. The minimum absolute atomic E-state index is 0.334. The highest BCUT2D eigenvalue weighted by Gasteiger charge is 2.39. The van der Waals surface area contributed by atoms with E-state index >= 15 is 0 Å². The molecule has 0 aliphatic heterocycles. The summed E-state index contributed by atoms with van der Waals surface area (Å²) in [5.74, 6) is 0.343. The van der Waals surface area contributed by atoms with E-state index in [4.69, 9.17) is 21.1 Å². The van der Waals surface area contributed by atoms with Crippen LogP contribution in [0.25, 0.3) is 0 Å². The molecule has 4 rings (SSSR count). The average molecular weight is 580 g/mol. The van der Waals surface area contributed by atoms with Crippen molar-refractivity contribution in [2.75, 3.05) is 7.11 Å². The minimum atomic E-state index is -1.92. The van der Waals surface area contributed by atoms with Gasteiger partial charge in [0.05, 0.1) is 13.3 Å². The number of benzene rings is 4. The average Bonchev–Trinajstić information content (AvgIpc) is 2.94. The Balaban J connectivity index is 1.52. The first-order valence-corrected chi connectivity index (χ1v) is 12.5. The van der Waals surface area contributed by atoms with Crippen molar-refractivity contribution in [1.82, 2.24) is 5.43 Å². The molecule has 0 radical (unpaired) electrons. The minimum Gasteiger partial charge on any atom is -0.493 e. The second-order valence-corrected chi connectivity index (χ2v) is 9.37. The topological polar surface area (TPSA) is 80.2 Å². The van der Waals surface area contributed by atoms with Crippen LogP contribution in [-0.2, 0) is 17.0 Å². The largest absolute Gasteiger partial charge is 0.493 e. The van der Waals surface area contributed by atoms with Gasteiger partial charge in [0.15, 0.2) is 17.1 Å². The van der Waals surface area contributed by atoms with Gasteiger partial charge in [-0.2, -0.15) is 5.10 Å². The molecule has 4 aromatic carbocycles. The summed E-state index contributed by atoms with van der Waals surface area (Å²) >= 11 is 9.46. The van der Waals surface area contributed by atoms with Crippen LogP contribution in [0, 0.1) is 0 Å². The summed E-state index contributed by atoms with van der Waals surface area (Å²) in [7, 11) is 1.54. The molecule has 2 N–H and O–H groups in total. The monoisotopic (exact) mass is 578 g/mol. The molecule has 0 fully saturated rings. The molecule has 0 aromatic heterocycles. The Labute approximate surface area is 228 Å². The van der Waals surface area contributed by atoms with Gasteiger partial charge in [0.2, 0.25) is 0 Å². The number of rotatable bonds is 9. The molecule has 0 aliphatic carbocycles. The molecule has 0 unspecified atom stereocenters. The number of amides is 1. The molecule has 0 spiro atoms. The lowest BCUT2D eigenvalue weighted by Crippen LogP contribution is -2.43. The SMILES string of the molecule is COc1cc(/C=N/NC(=O)C(O)(c2ccccc2)c2ccccc2)c(Br)cc1OCc1ccc(Cl)cc1. The number of hydrogen-bond donors (Lipinski definition) is 2. The van der Waals surface area contributed by atoms with E-state index < -0.39 is 11.5 Å². The number of ether oxygens (including phenoxy) is 2. The predicted octanol–water partition coefficient (Wildman–Crippen LogP) is 6.08. The van der Waals surface area contributed by atoms with Crippen molar-refractivity contribution < 1.29 is 19.4 Å². The van der Waals surface area contributed by atoms with E-state index in [1.54, 1.807) is 79.9 Å². The van der Waals surface area contributed by atoms with E-state index in [0.717, 1.165) is 5.56 Å². The fourth-order valence-corrected chi connectivity index (χ4v) is 4.24. The van der Waals surface area contributed by atoms with E-state index in [-0.39, 0.29) is 0 Å². The van der Waals surface area contributed by atoms with Crippen molar-refractivity contribution >= 4 is 39.7 Å². The molecular formula is C29H24BrClN2O4. The lowest BCUT2D eigenvalue weighted by Gasteiger charge is -2.27. The molecule has 37 heavy (non-hydrogen) atoms. The number of hydrogen-bond acceptors (Lipinski definition) is 5. The van der Waals surface area contributed by atoms with Gasteiger partial charge < -0.3 is 14.6 Å². The van der Waals surface area contributed by atoms with Gasteiger partial charge >= 0.3 is 0 Å². The number of carbonyl (C=O) groups excluding carboxylic acids is 1. The van der Waals surface area contributed by atoms with Crippen LogP contribution in [-0.4, -0.2) is 24.3 Å². The Kier molecular flexibility index (Phi) is 8.61. The molecule has 0 saturated carbocycles. The van der Waals surface area contributed by atoms with Gasteiger partial charge in [0, 0.05) is 15.1 Å². The Hall–Kier alpha value is -3.65. The van der Waals surface area contributed by atoms with Gasteiger partial charge in [0.1, 0.15) is 6.61 Å². The number of methoxy groups -OCH3 is 1. The summed E-state index contributed by atoms with van der Waals surface area (Å²) in [5, 5.41) is 16.3. The lowest BCUT2D eigenvalue weighted by molar-refractivity contribution is -0.136. The number of nitrogens with zero attached hydrogens (tertiary/aromatic N) is 1. The molecule has 1 amide bonds. The van der Waals surface area contributed by atoms with Crippen LogP contribution >= 0.6 is 27.5 Å². The molecule has 0 heterocycles. The second kappa shape index (κ2) is 12.1. The van der Waals surface area contributed by atoms with Gasteiger partial charge in [0.25, 0.3) is 5.91 Å². The Bertz CT molecular complexity index is 1340. The van der Waals surface area contributed by atoms with Gasteiger partial charge in [-0.3, -0.25) is 4.79 Å². The molecule has 0 saturated heterocycles. The van der Waals surface area contributed by atoms with Crippen LogP contribution in [0.2, 0.25) is 5.02 Å². The van der Waals surface area contributed by atoms with E-state index in [2.05, 4.69) is 26.5 Å². The first kappa shape index (κ1) is 26.4. The fraction of sp³-hybridized carbons (Fsp3) is 0.103. The quantitative estimate of drug-likeness (QED) is 0.186. The number of carbonyl (C=O) groups is 1. The van der Waals surface area contributed by atoms with Gasteiger partial charge in [-0.25, -0.2) is 5.43 Å². The third-order valence-electron chi connectivity index (χ3n) is 5.67. The zero-order chi connectivity index (χ0) is 26.3. The van der Waals surface area contributed by atoms with Crippen molar-refractivity contribution in [3.8, 4) is 11.5 Å².